The molecule has 0 amide bonds. The summed E-state index contributed by atoms with van der Waals surface area (Å²) >= 11 is 0. The maximum atomic E-state index is 11.7. The minimum Gasteiger partial charge on any atom is -0.420 e. The van der Waals surface area contributed by atoms with E-state index in [1.807, 2.05) is 0 Å². The Kier molecular flexibility index (Phi) is 5.11. The Bertz CT molecular complexity index is 297. The van der Waals surface area contributed by atoms with Gasteiger partial charge in [-0.25, -0.2) is 4.79 Å². The molecular formula is C8H5F3HgO2+2. The molecule has 0 N–H and O–H groups in total. The van der Waals surface area contributed by atoms with Crippen molar-refractivity contribution in [2.45, 2.75) is 6.18 Å². The molecule has 1 aromatic rings. The van der Waals surface area contributed by atoms with E-state index >= 15 is 0 Å². The summed E-state index contributed by atoms with van der Waals surface area (Å²) in [5.74, 6) is -2.33. The van der Waals surface area contributed by atoms with Crippen molar-refractivity contribution in [3.05, 3.63) is 30.3 Å². The first-order valence-corrected chi connectivity index (χ1v) is 3.34. The molecule has 0 fully saturated rings. The average molecular weight is 391 g/mol. The van der Waals surface area contributed by atoms with Gasteiger partial charge in [0, 0.05) is 0 Å². The number of rotatable bonds is 1. The number of ether oxygens (including phenoxy) is 1. The van der Waals surface area contributed by atoms with Crippen LogP contribution in [-0.4, -0.2) is 12.1 Å². The van der Waals surface area contributed by atoms with Crippen LogP contribution in [0.5, 0.6) is 5.75 Å². The smallest absolute Gasteiger partial charge is 0.420 e. The molecule has 0 bridgehead atoms. The van der Waals surface area contributed by atoms with Crippen molar-refractivity contribution in [2.75, 3.05) is 0 Å². The maximum Gasteiger partial charge on any atom is 2.00 e. The summed E-state index contributed by atoms with van der Waals surface area (Å²) in [7, 11) is 0. The van der Waals surface area contributed by atoms with Gasteiger partial charge < -0.3 is 4.74 Å². The summed E-state index contributed by atoms with van der Waals surface area (Å²) in [5, 5.41) is 0. The van der Waals surface area contributed by atoms with Crippen LogP contribution in [0.25, 0.3) is 0 Å². The molecule has 1 aromatic carbocycles. The van der Waals surface area contributed by atoms with E-state index in [9.17, 15) is 18.0 Å². The van der Waals surface area contributed by atoms with Gasteiger partial charge in [0.15, 0.2) is 0 Å². The Morgan fingerprint density at radius 3 is 2.07 bits per heavy atom. The molecule has 1 rings (SSSR count). The fraction of sp³-hybridized carbons (Fsp3) is 0.125. The van der Waals surface area contributed by atoms with Crippen LogP contribution in [0.1, 0.15) is 0 Å². The molecule has 0 spiro atoms. The van der Waals surface area contributed by atoms with Crippen LogP contribution in [0.15, 0.2) is 30.3 Å². The van der Waals surface area contributed by atoms with Crippen molar-refractivity contribution in [3.8, 4) is 5.75 Å². The molecule has 0 heterocycles. The molecule has 0 saturated carbocycles. The number of carbonyl (C=O) groups is 1. The summed E-state index contributed by atoms with van der Waals surface area (Å²) in [6.07, 6.45) is -4.95. The molecule has 2 nitrogen and oxygen atoms in total. The monoisotopic (exact) mass is 392 g/mol. The molecule has 0 saturated heterocycles. The van der Waals surface area contributed by atoms with Gasteiger partial charge >= 0.3 is 39.8 Å². The second kappa shape index (κ2) is 5.33. The molecule has 0 aliphatic heterocycles. The fourth-order valence-corrected chi connectivity index (χ4v) is 0.653. The van der Waals surface area contributed by atoms with E-state index < -0.39 is 12.1 Å². The zero-order valence-corrected chi connectivity index (χ0v) is 12.5. The second-order valence-corrected chi connectivity index (χ2v) is 2.20. The predicted molar refractivity (Wildman–Crippen MR) is 38.1 cm³/mol. The third kappa shape index (κ3) is 4.08. The third-order valence-electron chi connectivity index (χ3n) is 1.19. The predicted octanol–water partition coefficient (Wildman–Crippen LogP) is 2.15. The van der Waals surface area contributed by atoms with Gasteiger partial charge in [-0.05, 0) is 12.1 Å². The summed E-state index contributed by atoms with van der Waals surface area (Å²) < 4.78 is 39.0. The Balaban J connectivity index is 0.00000169. The van der Waals surface area contributed by atoms with Gasteiger partial charge in [0.1, 0.15) is 5.75 Å². The Morgan fingerprint density at radius 2 is 1.64 bits per heavy atom. The standard InChI is InChI=1S/C8H5F3O2.Hg/c9-8(10,11)7(12)13-6-4-2-1-3-5-6;/h1-5H;/q;+2. The number of hydrogen-bond acceptors (Lipinski definition) is 2. The van der Waals surface area contributed by atoms with E-state index in [0.29, 0.717) is 0 Å². The first kappa shape index (κ1) is 13.4. The fourth-order valence-electron chi connectivity index (χ4n) is 0.653. The van der Waals surface area contributed by atoms with Gasteiger partial charge in [-0.3, -0.25) is 0 Å². The van der Waals surface area contributed by atoms with Crippen LogP contribution in [0.2, 0.25) is 0 Å². The van der Waals surface area contributed by atoms with Crippen LogP contribution in [0.3, 0.4) is 0 Å². The summed E-state index contributed by atoms with van der Waals surface area (Å²) in [4.78, 5) is 10.3. The molecule has 0 aliphatic rings. The number of halogens is 3. The van der Waals surface area contributed by atoms with E-state index in [1.54, 1.807) is 6.07 Å². The first-order valence-electron chi connectivity index (χ1n) is 3.34. The number of para-hydroxylation sites is 1. The number of hydrogen-bond donors (Lipinski definition) is 0. The summed E-state index contributed by atoms with van der Waals surface area (Å²) in [6.45, 7) is 0. The van der Waals surface area contributed by atoms with Gasteiger partial charge in [-0.2, -0.15) is 13.2 Å². The summed E-state index contributed by atoms with van der Waals surface area (Å²) in [5.41, 5.74) is 0. The largest absolute Gasteiger partial charge is 2.00 e. The van der Waals surface area contributed by atoms with Crippen molar-refractivity contribution in [1.82, 2.24) is 0 Å². The zero-order valence-electron chi connectivity index (χ0n) is 7.04. The normalized spacial score (nSPS) is 10.2. The van der Waals surface area contributed by atoms with Crippen molar-refractivity contribution < 1.29 is 50.4 Å². The molecule has 0 aliphatic carbocycles. The summed E-state index contributed by atoms with van der Waals surface area (Å²) in [6, 6.07) is 7.08. The molecule has 14 heavy (non-hydrogen) atoms. The maximum absolute atomic E-state index is 11.7. The second-order valence-electron chi connectivity index (χ2n) is 2.20. The Morgan fingerprint density at radius 1 is 1.14 bits per heavy atom. The SMILES string of the molecule is O=C(Oc1ccccc1)C(F)(F)F.[Hg+2]. The van der Waals surface area contributed by atoms with Gasteiger partial charge in [0.25, 0.3) is 0 Å². The van der Waals surface area contributed by atoms with Crippen LogP contribution >= 0.6 is 0 Å². The van der Waals surface area contributed by atoms with Crippen molar-refractivity contribution in [1.29, 1.82) is 0 Å². The molecule has 6 heteroatoms. The molecule has 0 aromatic heterocycles. The molecule has 0 radical (unpaired) electrons. The molecule has 70 valence electrons. The third-order valence-corrected chi connectivity index (χ3v) is 1.19. The van der Waals surface area contributed by atoms with Crippen molar-refractivity contribution in [3.63, 3.8) is 0 Å². The Hall–Kier alpha value is -0.585. The van der Waals surface area contributed by atoms with Crippen LogP contribution in [-0.2, 0) is 32.5 Å². The van der Waals surface area contributed by atoms with E-state index in [0.717, 1.165) is 0 Å². The topological polar surface area (TPSA) is 26.3 Å². The number of benzene rings is 1. The molecule has 0 unspecified atom stereocenters. The molecule has 0 atom stereocenters. The van der Waals surface area contributed by atoms with Gasteiger partial charge in [-0.1, -0.05) is 18.2 Å². The minimum absolute atomic E-state index is 0. The van der Waals surface area contributed by atoms with Gasteiger partial charge in [0.05, 0.1) is 0 Å². The van der Waals surface area contributed by atoms with Gasteiger partial charge in [-0.15, -0.1) is 0 Å². The number of esters is 1. The zero-order chi connectivity index (χ0) is 9.90. The van der Waals surface area contributed by atoms with Crippen LogP contribution in [0.4, 0.5) is 13.2 Å². The first-order chi connectivity index (χ1) is 6.00. The number of carbonyl (C=O) groups excluding carboxylic acids is 1. The van der Waals surface area contributed by atoms with E-state index in [-0.39, 0.29) is 33.4 Å². The van der Waals surface area contributed by atoms with Crippen LogP contribution in [0, 0.1) is 0 Å². The van der Waals surface area contributed by atoms with Crippen molar-refractivity contribution >= 4 is 5.97 Å². The van der Waals surface area contributed by atoms with E-state index in [2.05, 4.69) is 4.74 Å². The van der Waals surface area contributed by atoms with Gasteiger partial charge in [0.2, 0.25) is 0 Å². The Labute approximate surface area is 98.6 Å². The molecular weight excluding hydrogens is 386 g/mol. The quantitative estimate of drug-likeness (QED) is 0.417. The van der Waals surface area contributed by atoms with Crippen molar-refractivity contribution in [2.24, 2.45) is 0 Å². The van der Waals surface area contributed by atoms with E-state index in [4.69, 9.17) is 0 Å². The van der Waals surface area contributed by atoms with Crippen LogP contribution < -0.4 is 4.74 Å². The number of alkyl halides is 3. The van der Waals surface area contributed by atoms with E-state index in [1.165, 1.54) is 24.3 Å². The average Bonchev–Trinajstić information content (AvgIpc) is 2.04. The minimum atomic E-state index is -4.95.